The molecule has 0 radical (unpaired) electrons. The Labute approximate surface area is 119 Å². The van der Waals surface area contributed by atoms with Gasteiger partial charge in [-0.05, 0) is 36.1 Å². The van der Waals surface area contributed by atoms with Crippen LogP contribution in [0.25, 0.3) is 0 Å². The highest BCUT2D eigenvalue weighted by Gasteiger charge is 2.41. The summed E-state index contributed by atoms with van der Waals surface area (Å²) in [7, 11) is 1.71. The summed E-state index contributed by atoms with van der Waals surface area (Å²) < 4.78 is 16.8. The fourth-order valence-corrected chi connectivity index (χ4v) is 2.63. The average molecular weight is 275 g/mol. The molecule has 3 unspecified atom stereocenters. The first kappa shape index (κ1) is 13.5. The van der Waals surface area contributed by atoms with Gasteiger partial charge in [0, 0.05) is 11.9 Å². The molecule has 1 fully saturated rings. The van der Waals surface area contributed by atoms with Crippen LogP contribution in [-0.4, -0.2) is 31.4 Å². The highest BCUT2D eigenvalue weighted by Crippen LogP contribution is 2.37. The van der Waals surface area contributed by atoms with E-state index in [0.717, 1.165) is 17.9 Å². The van der Waals surface area contributed by atoms with Gasteiger partial charge in [-0.2, -0.15) is 0 Å². The minimum Gasteiger partial charge on any atom is -0.497 e. The van der Waals surface area contributed by atoms with Gasteiger partial charge < -0.3 is 19.2 Å². The largest absolute Gasteiger partial charge is 0.497 e. The minimum absolute atomic E-state index is 0.172. The lowest BCUT2D eigenvalue weighted by molar-refractivity contribution is 0.129. The number of epoxide rings is 1. The van der Waals surface area contributed by atoms with Crippen LogP contribution >= 0.6 is 0 Å². The maximum absolute atomic E-state index is 5.80. The molecule has 0 bridgehead atoms. The predicted molar refractivity (Wildman–Crippen MR) is 76.2 cm³/mol. The van der Waals surface area contributed by atoms with Crippen LogP contribution in [0.1, 0.15) is 25.1 Å². The van der Waals surface area contributed by atoms with E-state index < -0.39 is 0 Å². The Bertz CT molecular complexity index is 504. The van der Waals surface area contributed by atoms with Gasteiger partial charge in [0.25, 0.3) is 0 Å². The van der Waals surface area contributed by atoms with Crippen molar-refractivity contribution >= 4 is 0 Å². The molecule has 0 spiro atoms. The van der Waals surface area contributed by atoms with Crippen LogP contribution in [0.3, 0.4) is 0 Å². The standard InChI is InChI=1S/C16H21NO3/c1-11-5-6-14(18-2)12(8-11)9-19-10-15-16(20-15)13-4-3-7-17-13/h3-7,11,15-17H,8-10H2,1-2H3. The second kappa shape index (κ2) is 5.85. The molecular formula is C16H21NO3. The molecule has 0 aromatic carbocycles. The molecule has 1 aliphatic heterocycles. The maximum atomic E-state index is 5.80. The van der Waals surface area contributed by atoms with Gasteiger partial charge in [-0.25, -0.2) is 0 Å². The summed E-state index contributed by atoms with van der Waals surface area (Å²) in [6.45, 7) is 3.45. The van der Waals surface area contributed by atoms with Crippen LogP contribution in [-0.2, 0) is 14.2 Å². The topological polar surface area (TPSA) is 46.8 Å². The lowest BCUT2D eigenvalue weighted by atomic mass is 9.95. The normalized spacial score (nSPS) is 28.8. The molecule has 1 saturated heterocycles. The van der Waals surface area contributed by atoms with Crippen molar-refractivity contribution in [1.29, 1.82) is 0 Å². The molecule has 4 nitrogen and oxygen atoms in total. The van der Waals surface area contributed by atoms with E-state index in [2.05, 4.69) is 18.0 Å². The Hall–Kier alpha value is -1.52. The second-order valence-electron chi connectivity index (χ2n) is 5.45. The first-order valence-electron chi connectivity index (χ1n) is 7.08. The summed E-state index contributed by atoms with van der Waals surface area (Å²) >= 11 is 0. The highest BCUT2D eigenvalue weighted by atomic mass is 16.6. The van der Waals surface area contributed by atoms with Crippen LogP contribution in [0, 0.1) is 5.92 Å². The number of rotatable bonds is 6. The third-order valence-corrected chi connectivity index (χ3v) is 3.78. The van der Waals surface area contributed by atoms with E-state index in [1.807, 2.05) is 24.4 Å². The summed E-state index contributed by atoms with van der Waals surface area (Å²) in [4.78, 5) is 3.17. The number of methoxy groups -OCH3 is 1. The number of allylic oxidation sites excluding steroid dienone is 2. The van der Waals surface area contributed by atoms with Crippen LogP contribution in [0.2, 0.25) is 0 Å². The number of aromatic amines is 1. The van der Waals surface area contributed by atoms with Gasteiger partial charge in [-0.15, -0.1) is 0 Å². The number of H-pyrrole nitrogens is 1. The van der Waals surface area contributed by atoms with E-state index in [0.29, 0.717) is 19.1 Å². The first-order chi connectivity index (χ1) is 9.78. The first-order valence-corrected chi connectivity index (χ1v) is 7.08. The predicted octanol–water partition coefficient (Wildman–Crippen LogP) is 2.97. The Kier molecular flexibility index (Phi) is 3.94. The molecule has 1 aliphatic carbocycles. The van der Waals surface area contributed by atoms with E-state index >= 15 is 0 Å². The third-order valence-electron chi connectivity index (χ3n) is 3.78. The minimum atomic E-state index is 0.172. The number of hydrogen-bond acceptors (Lipinski definition) is 3. The molecule has 0 amide bonds. The monoisotopic (exact) mass is 275 g/mol. The van der Waals surface area contributed by atoms with Gasteiger partial charge in [0.2, 0.25) is 0 Å². The molecule has 4 heteroatoms. The molecule has 3 rings (SSSR count). The fourth-order valence-electron chi connectivity index (χ4n) is 2.63. The van der Waals surface area contributed by atoms with Crippen molar-refractivity contribution in [2.75, 3.05) is 20.3 Å². The van der Waals surface area contributed by atoms with Crippen molar-refractivity contribution in [3.8, 4) is 0 Å². The second-order valence-corrected chi connectivity index (χ2v) is 5.45. The van der Waals surface area contributed by atoms with Crippen molar-refractivity contribution in [3.05, 3.63) is 47.5 Å². The highest BCUT2D eigenvalue weighted by molar-refractivity contribution is 5.26. The van der Waals surface area contributed by atoms with E-state index in [1.165, 1.54) is 5.57 Å². The van der Waals surface area contributed by atoms with Gasteiger partial charge in [-0.1, -0.05) is 13.0 Å². The zero-order valence-electron chi connectivity index (χ0n) is 12.0. The number of hydrogen-bond donors (Lipinski definition) is 1. The third kappa shape index (κ3) is 2.97. The van der Waals surface area contributed by atoms with Crippen molar-refractivity contribution in [3.63, 3.8) is 0 Å². The van der Waals surface area contributed by atoms with E-state index in [-0.39, 0.29) is 12.2 Å². The zero-order chi connectivity index (χ0) is 13.9. The van der Waals surface area contributed by atoms with Crippen LogP contribution in [0.4, 0.5) is 0 Å². The summed E-state index contributed by atoms with van der Waals surface area (Å²) in [5, 5.41) is 0. The SMILES string of the molecule is COC1=C(COCC2OC2c2ccc[nH]2)CC(C)C=C1. The van der Waals surface area contributed by atoms with Crippen LogP contribution < -0.4 is 0 Å². The molecule has 0 saturated carbocycles. The fraction of sp³-hybridized carbons (Fsp3) is 0.500. The Morgan fingerprint density at radius 1 is 1.45 bits per heavy atom. The molecular weight excluding hydrogens is 254 g/mol. The van der Waals surface area contributed by atoms with Crippen molar-refractivity contribution in [1.82, 2.24) is 4.98 Å². The lowest BCUT2D eigenvalue weighted by Crippen LogP contribution is -2.12. The van der Waals surface area contributed by atoms with Gasteiger partial charge in [0.1, 0.15) is 18.0 Å². The van der Waals surface area contributed by atoms with Gasteiger partial charge >= 0.3 is 0 Å². The maximum Gasteiger partial charge on any atom is 0.126 e. The lowest BCUT2D eigenvalue weighted by Gasteiger charge is -2.19. The number of ether oxygens (including phenoxy) is 3. The molecule has 1 aromatic heterocycles. The smallest absolute Gasteiger partial charge is 0.126 e. The zero-order valence-corrected chi connectivity index (χ0v) is 12.0. The van der Waals surface area contributed by atoms with Crippen molar-refractivity contribution in [2.45, 2.75) is 25.6 Å². The van der Waals surface area contributed by atoms with E-state index in [4.69, 9.17) is 14.2 Å². The Balaban J connectivity index is 1.46. The molecule has 1 N–H and O–H groups in total. The van der Waals surface area contributed by atoms with Gasteiger partial charge in [-0.3, -0.25) is 0 Å². The van der Waals surface area contributed by atoms with E-state index in [9.17, 15) is 0 Å². The number of nitrogens with one attached hydrogen (secondary N) is 1. The molecule has 2 aliphatic rings. The Morgan fingerprint density at radius 3 is 3.10 bits per heavy atom. The van der Waals surface area contributed by atoms with Gasteiger partial charge in [0.15, 0.2) is 0 Å². The average Bonchev–Trinajstić information content (AvgIpc) is 3.01. The summed E-state index contributed by atoms with van der Waals surface area (Å²) in [6, 6.07) is 4.03. The van der Waals surface area contributed by atoms with Crippen molar-refractivity contribution < 1.29 is 14.2 Å². The van der Waals surface area contributed by atoms with Crippen LogP contribution in [0.15, 0.2) is 41.8 Å². The summed E-state index contributed by atoms with van der Waals surface area (Å²) in [5.41, 5.74) is 2.36. The summed E-state index contributed by atoms with van der Waals surface area (Å²) in [5.74, 6) is 1.50. The van der Waals surface area contributed by atoms with E-state index in [1.54, 1.807) is 7.11 Å². The summed E-state index contributed by atoms with van der Waals surface area (Å²) in [6.07, 6.45) is 7.49. The molecule has 20 heavy (non-hydrogen) atoms. The van der Waals surface area contributed by atoms with Crippen LogP contribution in [0.5, 0.6) is 0 Å². The quantitative estimate of drug-likeness (QED) is 0.812. The van der Waals surface area contributed by atoms with Crippen molar-refractivity contribution in [2.24, 2.45) is 5.92 Å². The molecule has 3 atom stereocenters. The van der Waals surface area contributed by atoms with Gasteiger partial charge in [0.05, 0.1) is 20.3 Å². The molecule has 1 aromatic rings. The molecule has 2 heterocycles. The number of aromatic nitrogens is 1. The Morgan fingerprint density at radius 2 is 2.35 bits per heavy atom. The molecule has 108 valence electrons.